The van der Waals surface area contributed by atoms with Gasteiger partial charge in [0.1, 0.15) is 22.5 Å². The first-order chi connectivity index (χ1) is 13.7. The van der Waals surface area contributed by atoms with Crippen molar-refractivity contribution in [3.8, 4) is 11.4 Å². The molecule has 1 N–H and O–H groups in total. The van der Waals surface area contributed by atoms with E-state index in [1.54, 1.807) is 10.9 Å². The standard InChI is InChI=1S/C24H33N3O/c1-3-5-6-7-8-9-10-11-12-20-14-16-24(28)23(18-20)27-25-21-15-13-19(4-2)17-22(21)26-27/h13-18,28H,3-12H2,1-2H3. The maximum Gasteiger partial charge on any atom is 0.143 e. The number of nitrogens with zero attached hydrogens (tertiary/aromatic N) is 3. The molecule has 2 aromatic carbocycles. The summed E-state index contributed by atoms with van der Waals surface area (Å²) in [6, 6.07) is 12.0. The van der Waals surface area contributed by atoms with Gasteiger partial charge in [-0.2, -0.15) is 0 Å². The number of aryl methyl sites for hydroxylation is 2. The number of rotatable bonds is 11. The van der Waals surface area contributed by atoms with Crippen molar-refractivity contribution >= 4 is 11.0 Å². The van der Waals surface area contributed by atoms with E-state index in [9.17, 15) is 5.11 Å². The average molecular weight is 380 g/mol. The molecule has 0 radical (unpaired) electrons. The fraction of sp³-hybridized carbons (Fsp3) is 0.500. The number of aromatic hydroxyl groups is 1. The molecule has 0 saturated carbocycles. The molecule has 0 fully saturated rings. The summed E-state index contributed by atoms with van der Waals surface area (Å²) in [5.74, 6) is 0.218. The van der Waals surface area contributed by atoms with Crippen LogP contribution >= 0.6 is 0 Å². The number of aromatic nitrogens is 3. The Balaban J connectivity index is 1.60. The van der Waals surface area contributed by atoms with Gasteiger partial charge in [-0.15, -0.1) is 15.0 Å². The van der Waals surface area contributed by atoms with E-state index in [-0.39, 0.29) is 5.75 Å². The van der Waals surface area contributed by atoms with Gasteiger partial charge in [0.2, 0.25) is 0 Å². The Bertz CT molecular complexity index is 885. The molecule has 4 heteroatoms. The number of unbranched alkanes of at least 4 members (excludes halogenated alkanes) is 7. The van der Waals surface area contributed by atoms with E-state index >= 15 is 0 Å². The molecule has 3 rings (SSSR count). The lowest BCUT2D eigenvalue weighted by Crippen LogP contribution is -2.00. The summed E-state index contributed by atoms with van der Waals surface area (Å²) in [6.45, 7) is 4.39. The number of phenolic OH excluding ortho intramolecular Hbond substituents is 1. The van der Waals surface area contributed by atoms with Gasteiger partial charge in [0, 0.05) is 0 Å². The van der Waals surface area contributed by atoms with Crippen molar-refractivity contribution in [2.45, 2.75) is 78.1 Å². The normalized spacial score (nSPS) is 11.4. The summed E-state index contributed by atoms with van der Waals surface area (Å²) >= 11 is 0. The molecular formula is C24H33N3O. The molecule has 1 heterocycles. The van der Waals surface area contributed by atoms with E-state index in [4.69, 9.17) is 0 Å². The summed E-state index contributed by atoms with van der Waals surface area (Å²) in [5, 5.41) is 19.5. The third-order valence-electron chi connectivity index (χ3n) is 5.43. The van der Waals surface area contributed by atoms with Crippen LogP contribution in [-0.4, -0.2) is 20.1 Å². The van der Waals surface area contributed by atoms with Gasteiger partial charge in [-0.3, -0.25) is 0 Å². The minimum Gasteiger partial charge on any atom is -0.506 e. The van der Waals surface area contributed by atoms with Gasteiger partial charge in [0.25, 0.3) is 0 Å². The molecule has 0 aliphatic carbocycles. The molecule has 0 aliphatic heterocycles. The third kappa shape index (κ3) is 5.34. The first-order valence-electron chi connectivity index (χ1n) is 10.9. The molecule has 0 unspecified atom stereocenters. The highest BCUT2D eigenvalue weighted by Crippen LogP contribution is 2.24. The number of fused-ring (bicyclic) bond motifs is 1. The van der Waals surface area contributed by atoms with E-state index in [2.05, 4.69) is 36.2 Å². The molecule has 150 valence electrons. The first kappa shape index (κ1) is 20.4. The predicted octanol–water partition coefficient (Wildman–Crippen LogP) is 6.37. The molecule has 0 atom stereocenters. The molecule has 0 spiro atoms. The largest absolute Gasteiger partial charge is 0.506 e. The second-order valence-corrected chi connectivity index (χ2v) is 7.71. The van der Waals surface area contributed by atoms with Crippen molar-refractivity contribution in [1.82, 2.24) is 15.0 Å². The lowest BCUT2D eigenvalue weighted by molar-refractivity contribution is 0.467. The molecule has 0 aliphatic rings. The van der Waals surface area contributed by atoms with E-state index < -0.39 is 0 Å². The van der Waals surface area contributed by atoms with E-state index in [0.29, 0.717) is 5.69 Å². The predicted molar refractivity (Wildman–Crippen MR) is 116 cm³/mol. The van der Waals surface area contributed by atoms with Gasteiger partial charge >= 0.3 is 0 Å². The molecule has 28 heavy (non-hydrogen) atoms. The third-order valence-corrected chi connectivity index (χ3v) is 5.43. The van der Waals surface area contributed by atoms with Crippen molar-refractivity contribution in [3.05, 3.63) is 47.5 Å². The smallest absolute Gasteiger partial charge is 0.143 e. The average Bonchev–Trinajstić information content (AvgIpc) is 3.14. The number of hydrogen-bond donors (Lipinski definition) is 1. The fourth-order valence-corrected chi connectivity index (χ4v) is 3.64. The van der Waals surface area contributed by atoms with Crippen LogP contribution in [0.1, 0.15) is 76.3 Å². The van der Waals surface area contributed by atoms with Crippen molar-refractivity contribution in [2.75, 3.05) is 0 Å². The summed E-state index contributed by atoms with van der Waals surface area (Å²) < 4.78 is 0. The fourth-order valence-electron chi connectivity index (χ4n) is 3.64. The lowest BCUT2D eigenvalue weighted by Gasteiger charge is -2.07. The van der Waals surface area contributed by atoms with E-state index in [1.807, 2.05) is 18.2 Å². The van der Waals surface area contributed by atoms with E-state index in [1.165, 1.54) is 62.5 Å². The highest BCUT2D eigenvalue weighted by Gasteiger charge is 2.10. The van der Waals surface area contributed by atoms with Gasteiger partial charge in [-0.1, -0.05) is 70.9 Å². The Hall–Kier alpha value is -2.36. The zero-order valence-electron chi connectivity index (χ0n) is 17.3. The Labute approximate surface area is 168 Å². The van der Waals surface area contributed by atoms with Crippen LogP contribution in [0.3, 0.4) is 0 Å². The molecule has 0 amide bonds. The maximum atomic E-state index is 10.3. The zero-order valence-corrected chi connectivity index (χ0v) is 17.3. The number of hydrogen-bond acceptors (Lipinski definition) is 3. The van der Waals surface area contributed by atoms with Crippen LogP contribution in [0, 0.1) is 0 Å². The van der Waals surface area contributed by atoms with E-state index in [0.717, 1.165) is 23.9 Å². The quantitative estimate of drug-likeness (QED) is 0.394. The Morgan fingerprint density at radius 2 is 1.43 bits per heavy atom. The highest BCUT2D eigenvalue weighted by molar-refractivity contribution is 5.74. The molecule has 3 aromatic rings. The van der Waals surface area contributed by atoms with Crippen molar-refractivity contribution in [2.24, 2.45) is 0 Å². The van der Waals surface area contributed by atoms with Crippen LogP contribution in [0.15, 0.2) is 36.4 Å². The van der Waals surface area contributed by atoms with Crippen LogP contribution < -0.4 is 0 Å². The SMILES string of the molecule is CCCCCCCCCCc1ccc(O)c(-n2nc3ccc(CC)cc3n2)c1. The maximum absolute atomic E-state index is 10.3. The van der Waals surface area contributed by atoms with Gasteiger partial charge in [-0.05, 0) is 54.7 Å². The zero-order chi connectivity index (χ0) is 19.8. The monoisotopic (exact) mass is 379 g/mol. The van der Waals surface area contributed by atoms with Gasteiger partial charge in [0.05, 0.1) is 0 Å². The summed E-state index contributed by atoms with van der Waals surface area (Å²) in [7, 11) is 0. The second kappa shape index (κ2) is 10.3. The molecule has 0 saturated heterocycles. The second-order valence-electron chi connectivity index (χ2n) is 7.71. The summed E-state index contributed by atoms with van der Waals surface area (Å²) in [4.78, 5) is 1.57. The van der Waals surface area contributed by atoms with Gasteiger partial charge in [0.15, 0.2) is 0 Å². The van der Waals surface area contributed by atoms with Crippen LogP contribution in [-0.2, 0) is 12.8 Å². The molecule has 1 aromatic heterocycles. The van der Waals surface area contributed by atoms with Crippen LogP contribution in [0.2, 0.25) is 0 Å². The van der Waals surface area contributed by atoms with Crippen LogP contribution in [0.5, 0.6) is 5.75 Å². The highest BCUT2D eigenvalue weighted by atomic mass is 16.3. The van der Waals surface area contributed by atoms with Crippen LogP contribution in [0.25, 0.3) is 16.7 Å². The summed E-state index contributed by atoms with van der Waals surface area (Å²) in [5.41, 5.74) is 4.85. The van der Waals surface area contributed by atoms with Crippen molar-refractivity contribution in [1.29, 1.82) is 0 Å². The Morgan fingerprint density at radius 3 is 2.18 bits per heavy atom. The lowest BCUT2D eigenvalue weighted by atomic mass is 10.0. The van der Waals surface area contributed by atoms with Gasteiger partial charge < -0.3 is 5.11 Å². The summed E-state index contributed by atoms with van der Waals surface area (Å²) in [6.07, 6.45) is 12.6. The Kier molecular flexibility index (Phi) is 7.46. The van der Waals surface area contributed by atoms with Crippen LogP contribution in [0.4, 0.5) is 0 Å². The van der Waals surface area contributed by atoms with Gasteiger partial charge in [-0.25, -0.2) is 0 Å². The topological polar surface area (TPSA) is 50.9 Å². The first-order valence-corrected chi connectivity index (χ1v) is 10.9. The number of benzene rings is 2. The van der Waals surface area contributed by atoms with Crippen molar-refractivity contribution in [3.63, 3.8) is 0 Å². The number of phenols is 1. The minimum absolute atomic E-state index is 0.218. The Morgan fingerprint density at radius 1 is 0.750 bits per heavy atom. The van der Waals surface area contributed by atoms with Crippen molar-refractivity contribution < 1.29 is 5.11 Å². The minimum atomic E-state index is 0.218. The molecular weight excluding hydrogens is 346 g/mol. The molecule has 0 bridgehead atoms. The molecule has 4 nitrogen and oxygen atoms in total.